The zero-order chi connectivity index (χ0) is 14.8. The molecule has 1 aliphatic heterocycles. The molecule has 0 atom stereocenters. The Hall–Kier alpha value is -0.730. The highest BCUT2D eigenvalue weighted by molar-refractivity contribution is 5.75. The lowest BCUT2D eigenvalue weighted by Crippen LogP contribution is -2.50. The summed E-state index contributed by atoms with van der Waals surface area (Å²) >= 11 is 0. The lowest BCUT2D eigenvalue weighted by molar-refractivity contribution is -0.517. The van der Waals surface area contributed by atoms with Gasteiger partial charge in [0, 0.05) is 0 Å². The maximum Gasteiger partial charge on any atom is 0.350 e. The molecule has 0 aromatic heterocycles. The summed E-state index contributed by atoms with van der Waals surface area (Å²) in [5.41, 5.74) is 0. The third kappa shape index (κ3) is 4.99. The van der Waals surface area contributed by atoms with Crippen molar-refractivity contribution < 1.29 is 4.58 Å². The van der Waals surface area contributed by atoms with E-state index in [0.29, 0.717) is 0 Å². The van der Waals surface area contributed by atoms with Crippen LogP contribution in [-0.2, 0) is 0 Å². The average molecular weight is 282 g/mol. The molecule has 20 heavy (non-hydrogen) atoms. The zero-order valence-corrected chi connectivity index (χ0v) is 14.3. The number of hydrogen-bond donors (Lipinski definition) is 0. The third-order valence-corrected chi connectivity index (χ3v) is 4.28. The summed E-state index contributed by atoms with van der Waals surface area (Å²) in [7, 11) is 0. The van der Waals surface area contributed by atoms with Gasteiger partial charge in [-0.15, -0.1) is 0 Å². The number of rotatable bonds is 8. The normalized spacial score (nSPS) is 14.7. The molecule has 1 aliphatic rings. The minimum Gasteiger partial charge on any atom is -0.265 e. The van der Waals surface area contributed by atoms with Gasteiger partial charge in [0.15, 0.2) is 0 Å². The topological polar surface area (TPSA) is 9.49 Å². The van der Waals surface area contributed by atoms with Gasteiger partial charge in [-0.05, 0) is 39.5 Å². The predicted octanol–water partition coefficient (Wildman–Crippen LogP) is 3.39. The Morgan fingerprint density at radius 3 is 1.70 bits per heavy atom. The maximum absolute atomic E-state index is 2.67. The summed E-state index contributed by atoms with van der Waals surface area (Å²) in [4.78, 5) is 5.24. The first-order chi connectivity index (χ1) is 9.78. The van der Waals surface area contributed by atoms with E-state index in [0.717, 1.165) is 13.1 Å². The molecule has 0 aliphatic carbocycles. The number of guanidine groups is 1. The Morgan fingerprint density at radius 1 is 0.800 bits per heavy atom. The lowest BCUT2D eigenvalue weighted by Gasteiger charge is -2.28. The molecular formula is C17H36N3+. The van der Waals surface area contributed by atoms with E-state index in [1.54, 1.807) is 0 Å². The largest absolute Gasteiger partial charge is 0.350 e. The van der Waals surface area contributed by atoms with Gasteiger partial charge in [-0.3, -0.25) is 14.4 Å². The minimum atomic E-state index is 1.12. The molecule has 0 aromatic carbocycles. The Bertz CT molecular complexity index is 266. The van der Waals surface area contributed by atoms with Crippen molar-refractivity contribution in [2.24, 2.45) is 0 Å². The van der Waals surface area contributed by atoms with E-state index in [9.17, 15) is 0 Å². The monoisotopic (exact) mass is 282 g/mol. The van der Waals surface area contributed by atoms with Gasteiger partial charge >= 0.3 is 5.96 Å². The van der Waals surface area contributed by atoms with Crippen molar-refractivity contribution in [3.63, 3.8) is 0 Å². The molecule has 0 saturated carbocycles. The lowest BCUT2D eigenvalue weighted by atomic mass is 10.2. The van der Waals surface area contributed by atoms with Crippen molar-refractivity contribution in [1.82, 2.24) is 9.80 Å². The van der Waals surface area contributed by atoms with Crippen LogP contribution in [-0.4, -0.2) is 59.6 Å². The van der Waals surface area contributed by atoms with Crippen LogP contribution in [0.15, 0.2) is 0 Å². The van der Waals surface area contributed by atoms with E-state index in [2.05, 4.69) is 42.1 Å². The van der Waals surface area contributed by atoms with Crippen LogP contribution in [0.4, 0.5) is 0 Å². The number of hydrogen-bond acceptors (Lipinski definition) is 0. The number of unbranched alkanes of at least 4 members (excludes halogenated alkanes) is 2. The van der Waals surface area contributed by atoms with Gasteiger partial charge < -0.3 is 0 Å². The average Bonchev–Trinajstić information content (AvgIpc) is 2.99. The van der Waals surface area contributed by atoms with Gasteiger partial charge in [-0.25, -0.2) is 0 Å². The first-order valence-corrected chi connectivity index (χ1v) is 8.90. The van der Waals surface area contributed by atoms with Gasteiger partial charge in [-0.1, -0.05) is 26.7 Å². The third-order valence-electron chi connectivity index (χ3n) is 4.28. The van der Waals surface area contributed by atoms with Crippen LogP contribution < -0.4 is 0 Å². The molecule has 1 fully saturated rings. The van der Waals surface area contributed by atoms with E-state index in [1.807, 2.05) is 0 Å². The van der Waals surface area contributed by atoms with Crippen molar-refractivity contribution in [3.05, 3.63) is 0 Å². The molecule has 0 unspecified atom stereocenters. The van der Waals surface area contributed by atoms with Crippen LogP contribution in [0.3, 0.4) is 0 Å². The second-order valence-electron chi connectivity index (χ2n) is 5.86. The van der Waals surface area contributed by atoms with Crippen LogP contribution >= 0.6 is 0 Å². The Kier molecular flexibility index (Phi) is 8.72. The van der Waals surface area contributed by atoms with Crippen LogP contribution in [0.1, 0.15) is 66.2 Å². The molecule has 1 rings (SSSR count). The van der Waals surface area contributed by atoms with Crippen LogP contribution in [0, 0.1) is 0 Å². The van der Waals surface area contributed by atoms with E-state index in [4.69, 9.17) is 0 Å². The smallest absolute Gasteiger partial charge is 0.265 e. The second kappa shape index (κ2) is 10.1. The SMILES string of the molecule is CCCCN(CCCC)C(N(CC)CC)=[N+]1CCCC1. The Morgan fingerprint density at radius 2 is 1.30 bits per heavy atom. The first kappa shape index (κ1) is 17.3. The summed E-state index contributed by atoms with van der Waals surface area (Å²) in [6.07, 6.45) is 7.91. The van der Waals surface area contributed by atoms with Crippen molar-refractivity contribution in [1.29, 1.82) is 0 Å². The van der Waals surface area contributed by atoms with E-state index >= 15 is 0 Å². The highest BCUT2D eigenvalue weighted by Gasteiger charge is 2.28. The summed E-state index contributed by atoms with van der Waals surface area (Å²) < 4.78 is 2.64. The molecule has 0 aromatic rings. The molecule has 0 radical (unpaired) electrons. The van der Waals surface area contributed by atoms with Crippen molar-refractivity contribution in [2.75, 3.05) is 39.3 Å². The van der Waals surface area contributed by atoms with E-state index in [-0.39, 0.29) is 0 Å². The van der Waals surface area contributed by atoms with Crippen LogP contribution in [0.2, 0.25) is 0 Å². The molecule has 3 nitrogen and oxygen atoms in total. The molecule has 0 spiro atoms. The van der Waals surface area contributed by atoms with Crippen molar-refractivity contribution >= 4 is 5.96 Å². The summed E-state index contributed by atoms with van der Waals surface area (Å²) in [5, 5.41) is 0. The molecule has 0 bridgehead atoms. The molecule has 1 saturated heterocycles. The van der Waals surface area contributed by atoms with Crippen LogP contribution in [0.5, 0.6) is 0 Å². The van der Waals surface area contributed by atoms with Crippen molar-refractivity contribution in [2.45, 2.75) is 66.2 Å². The van der Waals surface area contributed by atoms with Gasteiger partial charge in [0.05, 0.1) is 39.3 Å². The fraction of sp³-hybridized carbons (Fsp3) is 0.941. The highest BCUT2D eigenvalue weighted by atomic mass is 15.4. The Labute approximate surface area is 126 Å². The molecule has 0 N–H and O–H groups in total. The van der Waals surface area contributed by atoms with Gasteiger partial charge in [0.2, 0.25) is 0 Å². The minimum absolute atomic E-state index is 1.12. The second-order valence-corrected chi connectivity index (χ2v) is 5.86. The molecule has 0 amide bonds. The summed E-state index contributed by atoms with van der Waals surface area (Å²) in [6.45, 7) is 16.4. The van der Waals surface area contributed by atoms with Gasteiger partial charge in [0.25, 0.3) is 0 Å². The zero-order valence-electron chi connectivity index (χ0n) is 14.3. The predicted molar refractivity (Wildman–Crippen MR) is 88.5 cm³/mol. The van der Waals surface area contributed by atoms with E-state index < -0.39 is 0 Å². The molecule has 118 valence electrons. The fourth-order valence-electron chi connectivity index (χ4n) is 3.03. The fourth-order valence-corrected chi connectivity index (χ4v) is 3.03. The van der Waals surface area contributed by atoms with Crippen LogP contribution in [0.25, 0.3) is 0 Å². The molecular weight excluding hydrogens is 246 g/mol. The van der Waals surface area contributed by atoms with Gasteiger partial charge in [0.1, 0.15) is 0 Å². The highest BCUT2D eigenvalue weighted by Crippen LogP contribution is 2.10. The summed E-state index contributed by atoms with van der Waals surface area (Å²) in [6, 6.07) is 0. The standard InChI is InChI=1S/C17H36N3/c1-5-9-13-19(14-10-6-2)17(18(7-3)8-4)20-15-11-12-16-20/h5-16H2,1-4H3/q+1. The molecule has 3 heteroatoms. The van der Waals surface area contributed by atoms with Gasteiger partial charge in [-0.2, -0.15) is 0 Å². The number of nitrogens with zero attached hydrogens (tertiary/aromatic N) is 3. The van der Waals surface area contributed by atoms with Crippen molar-refractivity contribution in [3.8, 4) is 0 Å². The summed E-state index contributed by atoms with van der Waals surface area (Å²) in [5.74, 6) is 1.52. The molecule has 1 heterocycles. The van der Waals surface area contributed by atoms with E-state index in [1.165, 1.54) is 70.7 Å². The maximum atomic E-state index is 2.67. The first-order valence-electron chi connectivity index (χ1n) is 8.90. The Balaban J connectivity index is 2.93. The quantitative estimate of drug-likeness (QED) is 0.498.